The van der Waals surface area contributed by atoms with Crippen LogP contribution in [0.1, 0.15) is 0 Å². The Kier molecular flexibility index (Phi) is 3.79. The lowest BCUT2D eigenvalue weighted by Crippen LogP contribution is -1.31. The summed E-state index contributed by atoms with van der Waals surface area (Å²) in [5.74, 6) is 0. The maximum Gasteiger partial charge on any atom is 0.0287 e. The number of rotatable bonds is 1. The molecule has 5 heavy (non-hydrogen) atoms. The molecule has 0 unspecified atom stereocenters. The van der Waals surface area contributed by atoms with E-state index < -0.39 is 0 Å². The number of halogens is 1. The van der Waals surface area contributed by atoms with Crippen LogP contribution >= 0.6 is 11.9 Å². The molecule has 0 radical (unpaired) electrons. The highest BCUT2D eigenvalue weighted by Gasteiger charge is 1.56. The van der Waals surface area contributed by atoms with Crippen molar-refractivity contribution in [3.8, 4) is 0 Å². The van der Waals surface area contributed by atoms with E-state index >= 15 is 0 Å². The highest BCUT2D eigenvalue weighted by Crippen LogP contribution is 1.92. The first kappa shape index (κ1) is 4.88. The molecule has 0 N–H and O–H groups in total. The van der Waals surface area contributed by atoms with Crippen LogP contribution in [0, 0.1) is 0 Å². The van der Waals surface area contributed by atoms with Crippen molar-refractivity contribution in [2.24, 2.45) is 9.86 Å². The molecule has 0 amide bonds. The predicted molar refractivity (Wildman–Crippen MR) is 19.5 cm³/mol. The number of hydrogen-bond acceptors (Lipinski definition) is 3. The monoisotopic (exact) mass is 94.0 g/mol. The average molecular weight is 94.1 g/mol. The van der Waals surface area contributed by atoms with Crippen molar-refractivity contribution in [2.75, 3.05) is 6.26 Å². The van der Waals surface area contributed by atoms with E-state index in [2.05, 4.69) is 4.52 Å². The van der Waals surface area contributed by atoms with Crippen molar-refractivity contribution in [1.29, 1.82) is 0 Å². The van der Waals surface area contributed by atoms with Gasteiger partial charge in [-0.25, -0.2) is 0 Å². The summed E-state index contributed by atoms with van der Waals surface area (Å²) < 4.78 is 13.3. The van der Waals surface area contributed by atoms with Crippen molar-refractivity contribution in [2.45, 2.75) is 0 Å². The van der Waals surface area contributed by atoms with E-state index in [0.29, 0.717) is 0 Å². The van der Waals surface area contributed by atoms with Gasteiger partial charge in [0.25, 0.3) is 0 Å². The molecular formula is CH3FN2S. The van der Waals surface area contributed by atoms with Crippen LogP contribution in [0.2, 0.25) is 0 Å². The smallest absolute Gasteiger partial charge is 0.0287 e. The van der Waals surface area contributed by atoms with Crippen LogP contribution in [0.4, 0.5) is 4.48 Å². The molecule has 0 spiro atoms. The van der Waals surface area contributed by atoms with Gasteiger partial charge in [0.15, 0.2) is 0 Å². The highest BCUT2D eigenvalue weighted by molar-refractivity contribution is 7.97. The van der Waals surface area contributed by atoms with Gasteiger partial charge >= 0.3 is 0 Å². The molecule has 0 aliphatic carbocycles. The highest BCUT2D eigenvalue weighted by atomic mass is 32.2. The van der Waals surface area contributed by atoms with Crippen molar-refractivity contribution in [1.82, 2.24) is 0 Å². The van der Waals surface area contributed by atoms with E-state index in [-0.39, 0.29) is 0 Å². The Balaban J connectivity index is 2.62. The lowest BCUT2D eigenvalue weighted by Gasteiger charge is -1.61. The van der Waals surface area contributed by atoms with Gasteiger partial charge in [-0.2, -0.15) is 0 Å². The zero-order chi connectivity index (χ0) is 4.12. The summed E-state index contributed by atoms with van der Waals surface area (Å²) >= 11 is 0.985. The fraction of sp³-hybridized carbons (Fsp3) is 1.00. The Labute approximate surface area is 33.5 Å². The Morgan fingerprint density at radius 2 is 2.40 bits per heavy atom. The fourth-order valence-electron chi connectivity index (χ4n) is 0.0309. The summed E-state index contributed by atoms with van der Waals surface area (Å²) in [6.07, 6.45) is 1.63. The van der Waals surface area contributed by atoms with Gasteiger partial charge < -0.3 is 0 Å². The molecule has 0 atom stereocenters. The quantitative estimate of drug-likeness (QED) is 0.358. The van der Waals surface area contributed by atoms with Gasteiger partial charge in [0, 0.05) is 11.6 Å². The average Bonchev–Trinajstić information content (AvgIpc) is 1.41. The molecule has 0 heterocycles. The number of nitrogens with zero attached hydrogens (tertiary/aromatic N) is 2. The van der Waals surface area contributed by atoms with Crippen molar-refractivity contribution in [3.63, 3.8) is 0 Å². The topological polar surface area (TPSA) is 24.7 Å². The van der Waals surface area contributed by atoms with E-state index in [0.717, 1.165) is 11.9 Å². The van der Waals surface area contributed by atoms with Gasteiger partial charge in [0.2, 0.25) is 0 Å². The Morgan fingerprint density at radius 1 is 1.80 bits per heavy atom. The molecule has 0 fully saturated rings. The Morgan fingerprint density at radius 3 is 2.40 bits per heavy atom. The lowest BCUT2D eigenvalue weighted by molar-refractivity contribution is 0.501. The fourth-order valence-corrected chi connectivity index (χ4v) is 0.0926. The third kappa shape index (κ3) is 3.88. The van der Waals surface area contributed by atoms with Crippen molar-refractivity contribution >= 4 is 11.9 Å². The zero-order valence-electron chi connectivity index (χ0n) is 2.68. The van der Waals surface area contributed by atoms with Gasteiger partial charge in [-0.15, -0.1) is 0 Å². The van der Waals surface area contributed by atoms with Crippen molar-refractivity contribution < 1.29 is 4.48 Å². The van der Waals surface area contributed by atoms with E-state index in [1.165, 1.54) is 0 Å². The lowest BCUT2D eigenvalue weighted by atomic mass is 12.0. The zero-order valence-corrected chi connectivity index (χ0v) is 3.50. The molecule has 0 aromatic heterocycles. The summed E-state index contributed by atoms with van der Waals surface area (Å²) in [5, 5.41) is 1.94. The predicted octanol–water partition coefficient (Wildman–Crippen LogP) is 1.60. The Bertz CT molecular complexity index is 36.6. The second-order valence-corrected chi connectivity index (χ2v) is 0.868. The summed E-state index contributed by atoms with van der Waals surface area (Å²) in [6, 6.07) is 0. The minimum absolute atomic E-state index is 0.985. The van der Waals surface area contributed by atoms with Crippen LogP contribution < -0.4 is 0 Å². The van der Waals surface area contributed by atoms with Crippen LogP contribution in [0.15, 0.2) is 9.86 Å². The summed E-state index contributed by atoms with van der Waals surface area (Å²) in [4.78, 5) is 0. The maximum absolute atomic E-state index is 10.4. The largest absolute Gasteiger partial charge is 0.0873 e. The molecular weight excluding hydrogens is 91.1 g/mol. The molecule has 0 aromatic rings. The minimum atomic E-state index is 0.985. The van der Waals surface area contributed by atoms with Crippen LogP contribution in [0.3, 0.4) is 0 Å². The molecule has 0 rings (SSSR count). The first-order chi connectivity index (χ1) is 2.41. The number of hydrogen-bond donors (Lipinski definition) is 0. The van der Waals surface area contributed by atoms with Crippen LogP contribution in [-0.2, 0) is 0 Å². The molecule has 0 saturated carbocycles. The first-order valence-corrected chi connectivity index (χ1v) is 2.14. The van der Waals surface area contributed by atoms with E-state index in [9.17, 15) is 4.48 Å². The van der Waals surface area contributed by atoms with Crippen molar-refractivity contribution in [3.05, 3.63) is 0 Å². The van der Waals surface area contributed by atoms with Gasteiger partial charge in [-0.05, 0) is 11.9 Å². The van der Waals surface area contributed by atoms with E-state index in [1.807, 2.05) is 5.34 Å². The Hall–Kier alpha value is -0.120. The third-order valence-electron chi connectivity index (χ3n) is 0.113. The molecule has 0 aliphatic heterocycles. The van der Waals surface area contributed by atoms with Gasteiger partial charge in [0.05, 0.1) is 0 Å². The second kappa shape index (κ2) is 3.88. The molecule has 2 nitrogen and oxygen atoms in total. The van der Waals surface area contributed by atoms with Crippen LogP contribution in [0.25, 0.3) is 0 Å². The summed E-state index contributed by atoms with van der Waals surface area (Å²) in [5.41, 5.74) is 0. The van der Waals surface area contributed by atoms with Gasteiger partial charge in [-0.1, -0.05) is 9.00 Å². The summed E-state index contributed by atoms with van der Waals surface area (Å²) in [7, 11) is 0. The van der Waals surface area contributed by atoms with Gasteiger partial charge in [0.1, 0.15) is 0 Å². The minimum Gasteiger partial charge on any atom is -0.0873 e. The molecule has 0 aromatic carbocycles. The van der Waals surface area contributed by atoms with Crippen LogP contribution in [0.5, 0.6) is 0 Å². The molecule has 30 valence electrons. The summed E-state index contributed by atoms with van der Waals surface area (Å²) in [6.45, 7) is 0. The molecule has 0 aliphatic rings. The molecule has 0 saturated heterocycles. The van der Waals surface area contributed by atoms with Crippen LogP contribution in [-0.4, -0.2) is 6.26 Å². The molecule has 4 heteroatoms. The van der Waals surface area contributed by atoms with E-state index in [1.54, 1.807) is 6.26 Å². The first-order valence-electron chi connectivity index (χ1n) is 0.960. The van der Waals surface area contributed by atoms with Gasteiger partial charge in [-0.3, -0.25) is 0 Å². The normalized spacial score (nSPS) is 10.0. The maximum atomic E-state index is 10.4. The third-order valence-corrected chi connectivity index (χ3v) is 0.338. The second-order valence-electron chi connectivity index (χ2n) is 0.340. The SMILES string of the molecule is CSN=NF. The standard InChI is InChI=1S/CH3FN2S/c1-5-4-3-2/h1H3. The van der Waals surface area contributed by atoms with E-state index in [4.69, 9.17) is 0 Å². The molecule has 0 bridgehead atoms.